The Morgan fingerprint density at radius 1 is 0.735 bits per heavy atom. The van der Waals surface area contributed by atoms with Crippen molar-refractivity contribution in [2.45, 2.75) is 83.1 Å². The number of likely N-dealkylation sites (N-methyl/N-ethyl adjacent to an activating group) is 2. The average molecular weight is 475 g/mol. The van der Waals surface area contributed by atoms with Crippen LogP contribution in [0.3, 0.4) is 0 Å². The molecule has 10 unspecified atom stereocenters. The molecule has 5 heteroatoms. The summed E-state index contributed by atoms with van der Waals surface area (Å²) in [6, 6.07) is 0.530. The lowest BCUT2D eigenvalue weighted by Gasteiger charge is -2.48. The molecule has 34 heavy (non-hydrogen) atoms. The molecule has 2 saturated heterocycles. The highest BCUT2D eigenvalue weighted by atomic mass is 16.5. The first kappa shape index (κ1) is 24.2. The van der Waals surface area contributed by atoms with E-state index < -0.39 is 0 Å². The number of hydrogen-bond acceptors (Lipinski definition) is 5. The maximum atomic E-state index is 9.85. The lowest BCUT2D eigenvalue weighted by Crippen LogP contribution is -2.52. The molecule has 2 aliphatic heterocycles. The Balaban J connectivity index is 1.13. The summed E-state index contributed by atoms with van der Waals surface area (Å²) in [5.74, 6) is 8.35. The van der Waals surface area contributed by atoms with E-state index in [4.69, 9.17) is 4.74 Å². The van der Waals surface area contributed by atoms with Gasteiger partial charge in [0, 0.05) is 12.1 Å². The molecule has 2 heterocycles. The van der Waals surface area contributed by atoms with Gasteiger partial charge in [0.25, 0.3) is 0 Å². The van der Waals surface area contributed by atoms with Crippen molar-refractivity contribution in [1.29, 1.82) is 0 Å². The van der Waals surface area contributed by atoms with Gasteiger partial charge in [-0.05, 0) is 118 Å². The monoisotopic (exact) mass is 474 g/mol. The first-order valence-corrected chi connectivity index (χ1v) is 14.6. The summed E-state index contributed by atoms with van der Waals surface area (Å²) in [5, 5.41) is 19.7. The van der Waals surface area contributed by atoms with Crippen LogP contribution in [0.5, 0.6) is 0 Å². The topological polar surface area (TPSA) is 56.2 Å². The second-order valence-corrected chi connectivity index (χ2v) is 14.0. The van der Waals surface area contributed by atoms with Gasteiger partial charge in [-0.15, -0.1) is 0 Å². The molecular weight excluding hydrogens is 424 g/mol. The molecule has 0 radical (unpaired) electrons. The van der Waals surface area contributed by atoms with Gasteiger partial charge < -0.3 is 24.7 Å². The minimum absolute atomic E-state index is 0.192. The Hall–Kier alpha value is -0.200. The van der Waals surface area contributed by atoms with E-state index in [-0.39, 0.29) is 36.5 Å². The lowest BCUT2D eigenvalue weighted by atomic mass is 9.53. The predicted octanol–water partition coefficient (Wildman–Crippen LogP) is 3.34. The Kier molecular flexibility index (Phi) is 5.79. The van der Waals surface area contributed by atoms with Crippen LogP contribution in [0.4, 0.5) is 0 Å². The van der Waals surface area contributed by atoms with Crippen LogP contribution in [0, 0.1) is 59.2 Å². The fourth-order valence-electron chi connectivity index (χ4n) is 11.5. The SMILES string of the molecule is CC(C)[C@@H](CO)N(C)CCCC12OC3(CCCN(C)[C@H](CO)C(C)C)C4C5CC(C6C5C3C61)C42. The van der Waals surface area contributed by atoms with E-state index in [2.05, 4.69) is 51.6 Å². The summed E-state index contributed by atoms with van der Waals surface area (Å²) in [4.78, 5) is 4.78. The van der Waals surface area contributed by atoms with E-state index in [1.807, 2.05) is 0 Å². The molecule has 12 atom stereocenters. The summed E-state index contributed by atoms with van der Waals surface area (Å²) in [5.41, 5.74) is 0.383. The quantitative estimate of drug-likeness (QED) is 0.404. The maximum Gasteiger partial charge on any atom is 0.0760 e. The van der Waals surface area contributed by atoms with Crippen molar-refractivity contribution in [1.82, 2.24) is 9.80 Å². The van der Waals surface area contributed by atoms with Gasteiger partial charge in [-0.2, -0.15) is 0 Å². The highest BCUT2D eigenvalue weighted by Crippen LogP contribution is 2.94. The summed E-state index contributed by atoms with van der Waals surface area (Å²) in [6.45, 7) is 11.5. The van der Waals surface area contributed by atoms with E-state index in [1.54, 1.807) is 0 Å². The summed E-state index contributed by atoms with van der Waals surface area (Å²) in [6.07, 6.45) is 6.40. The molecule has 0 aromatic heterocycles. The molecule has 5 saturated carbocycles. The van der Waals surface area contributed by atoms with E-state index in [1.165, 1.54) is 32.1 Å². The van der Waals surface area contributed by atoms with Crippen LogP contribution in [0.15, 0.2) is 0 Å². The summed E-state index contributed by atoms with van der Waals surface area (Å²) >= 11 is 0. The predicted molar refractivity (Wildman–Crippen MR) is 134 cm³/mol. The third-order valence-electron chi connectivity index (χ3n) is 12.3. The molecule has 0 aromatic rings. The van der Waals surface area contributed by atoms with Gasteiger partial charge in [-0.3, -0.25) is 0 Å². The largest absolute Gasteiger partial charge is 0.395 e. The number of rotatable bonds is 14. The third-order valence-corrected chi connectivity index (χ3v) is 12.3. The Labute approximate surface area is 207 Å². The Morgan fingerprint density at radius 3 is 1.50 bits per heavy atom. The smallest absolute Gasteiger partial charge is 0.0760 e. The molecule has 2 N–H and O–H groups in total. The molecule has 7 rings (SSSR count). The molecule has 7 fully saturated rings. The number of nitrogens with zero attached hydrogens (tertiary/aromatic N) is 2. The number of aliphatic hydroxyl groups is 2. The summed E-state index contributed by atoms with van der Waals surface area (Å²) in [7, 11) is 4.39. The molecule has 7 aliphatic rings. The van der Waals surface area contributed by atoms with Crippen molar-refractivity contribution < 1.29 is 14.9 Å². The zero-order valence-corrected chi connectivity index (χ0v) is 22.5. The Morgan fingerprint density at radius 2 is 1.15 bits per heavy atom. The van der Waals surface area contributed by atoms with Crippen LogP contribution in [-0.4, -0.2) is 83.7 Å². The molecule has 5 nitrogen and oxygen atoms in total. The fraction of sp³-hybridized carbons (Fsp3) is 1.00. The van der Waals surface area contributed by atoms with Crippen LogP contribution in [0.2, 0.25) is 0 Å². The number of aliphatic hydroxyl groups excluding tert-OH is 2. The number of ether oxygens (including phenoxy) is 1. The third kappa shape index (κ3) is 2.80. The molecule has 0 aromatic carbocycles. The van der Waals surface area contributed by atoms with Gasteiger partial charge >= 0.3 is 0 Å². The summed E-state index contributed by atoms with van der Waals surface area (Å²) < 4.78 is 7.44. The van der Waals surface area contributed by atoms with Crippen molar-refractivity contribution in [3.63, 3.8) is 0 Å². The van der Waals surface area contributed by atoms with Crippen LogP contribution < -0.4 is 0 Å². The molecule has 0 amide bonds. The van der Waals surface area contributed by atoms with Gasteiger partial charge in [0.15, 0.2) is 0 Å². The van der Waals surface area contributed by atoms with Gasteiger partial charge in [-0.1, -0.05) is 27.7 Å². The second-order valence-electron chi connectivity index (χ2n) is 14.0. The standard InChI is InChI=1S/C29H50N2O3/c1-16(2)20(14-32)30(5)11-7-9-28-24-18-13-19-23-22(18)26(28)27(23)29(34-28,25(19)24)10-8-12-31(6)21(15-33)17(3)4/h16-27,32-33H,7-15H2,1-6H3/t18?,19?,20-,21-,22?,23?,24?,25?,26?,27?,28?,29?/m1/s1. The van der Waals surface area contributed by atoms with Crippen LogP contribution >= 0.6 is 0 Å². The normalized spacial score (nSPS) is 48.0. The highest BCUT2D eigenvalue weighted by Gasteiger charge is 2.96. The average Bonchev–Trinajstić information content (AvgIpc) is 3.41. The number of hydrogen-bond donors (Lipinski definition) is 2. The van der Waals surface area contributed by atoms with Crippen molar-refractivity contribution in [3.05, 3.63) is 0 Å². The first-order chi connectivity index (χ1) is 16.2. The van der Waals surface area contributed by atoms with E-state index >= 15 is 0 Å². The van der Waals surface area contributed by atoms with Gasteiger partial charge in [0.05, 0.1) is 24.4 Å². The zero-order valence-electron chi connectivity index (χ0n) is 22.5. The molecule has 4 bridgehead atoms. The van der Waals surface area contributed by atoms with Crippen molar-refractivity contribution in [2.75, 3.05) is 40.4 Å². The fourth-order valence-corrected chi connectivity index (χ4v) is 11.5. The van der Waals surface area contributed by atoms with E-state index in [0.29, 0.717) is 11.8 Å². The van der Waals surface area contributed by atoms with E-state index in [9.17, 15) is 10.2 Å². The molecular formula is C29H50N2O3. The van der Waals surface area contributed by atoms with Crippen LogP contribution in [0.1, 0.15) is 59.8 Å². The van der Waals surface area contributed by atoms with Crippen LogP contribution in [-0.2, 0) is 4.74 Å². The lowest BCUT2D eigenvalue weighted by molar-refractivity contribution is -0.0828. The molecule has 5 aliphatic carbocycles. The van der Waals surface area contributed by atoms with E-state index in [0.717, 1.165) is 60.4 Å². The first-order valence-electron chi connectivity index (χ1n) is 14.6. The van der Waals surface area contributed by atoms with Gasteiger partial charge in [0.1, 0.15) is 0 Å². The molecule has 194 valence electrons. The van der Waals surface area contributed by atoms with Crippen molar-refractivity contribution >= 4 is 0 Å². The van der Waals surface area contributed by atoms with Gasteiger partial charge in [0.2, 0.25) is 0 Å². The van der Waals surface area contributed by atoms with Crippen molar-refractivity contribution in [2.24, 2.45) is 59.2 Å². The maximum absolute atomic E-state index is 9.85. The molecule has 0 spiro atoms. The second kappa shape index (κ2) is 8.15. The zero-order chi connectivity index (χ0) is 24.2. The minimum atomic E-state index is 0.192. The van der Waals surface area contributed by atoms with Crippen molar-refractivity contribution in [3.8, 4) is 0 Å². The van der Waals surface area contributed by atoms with Gasteiger partial charge in [-0.25, -0.2) is 0 Å². The highest BCUT2D eigenvalue weighted by molar-refractivity contribution is 5.43. The minimum Gasteiger partial charge on any atom is -0.395 e. The van der Waals surface area contributed by atoms with Crippen LogP contribution in [0.25, 0.3) is 0 Å². The Bertz CT molecular complexity index is 723.